The van der Waals surface area contributed by atoms with E-state index in [1.165, 1.54) is 4.57 Å². The van der Waals surface area contributed by atoms with Crippen molar-refractivity contribution < 1.29 is 0 Å². The van der Waals surface area contributed by atoms with Crippen LogP contribution in [0, 0.1) is 0 Å². The van der Waals surface area contributed by atoms with E-state index in [4.69, 9.17) is 0 Å². The lowest BCUT2D eigenvalue weighted by atomic mass is 10.2. The summed E-state index contributed by atoms with van der Waals surface area (Å²) in [7, 11) is 0. The minimum atomic E-state index is -0.652. The third kappa shape index (κ3) is 2.16. The highest BCUT2D eigenvalue weighted by atomic mass is 16.2. The number of benzene rings is 2. The van der Waals surface area contributed by atoms with Gasteiger partial charge in [0.2, 0.25) is 0 Å². The highest BCUT2D eigenvalue weighted by Gasteiger charge is 2.11. The van der Waals surface area contributed by atoms with Crippen LogP contribution in [-0.4, -0.2) is 14.5 Å². The van der Waals surface area contributed by atoms with Crippen LogP contribution in [0.3, 0.4) is 0 Å². The lowest BCUT2D eigenvalue weighted by Crippen LogP contribution is -2.32. The Balaban J connectivity index is 2.35. The van der Waals surface area contributed by atoms with Gasteiger partial charge >= 0.3 is 11.4 Å². The quantitative estimate of drug-likeness (QED) is 0.765. The molecule has 3 aromatic rings. The zero-order chi connectivity index (χ0) is 13.9. The Bertz CT molecular complexity index is 836. The maximum absolute atomic E-state index is 12.1. The predicted molar refractivity (Wildman–Crippen MR) is 75.9 cm³/mol. The second-order valence-electron chi connectivity index (χ2n) is 4.21. The number of rotatable bonds is 2. The summed E-state index contributed by atoms with van der Waals surface area (Å²) in [5.41, 5.74) is 0.204. The topological polar surface area (TPSA) is 67.8 Å². The van der Waals surface area contributed by atoms with E-state index in [9.17, 15) is 9.59 Å². The summed E-state index contributed by atoms with van der Waals surface area (Å²) in [5.74, 6) is 0.325. The molecule has 0 aliphatic rings. The number of nitrogens with zero attached hydrogens (tertiary/aromatic N) is 2. The molecule has 5 heteroatoms. The molecule has 0 saturated carbocycles. The number of hydrogen-bond donors (Lipinski definition) is 1. The van der Waals surface area contributed by atoms with Gasteiger partial charge in [0, 0.05) is 5.56 Å². The van der Waals surface area contributed by atoms with Crippen LogP contribution in [0.5, 0.6) is 0 Å². The fourth-order valence-electron chi connectivity index (χ4n) is 2.02. The van der Waals surface area contributed by atoms with Gasteiger partial charge in [0.1, 0.15) is 0 Å². The normalized spacial score (nSPS) is 10.4. The maximum Gasteiger partial charge on any atom is 0.351 e. The smallest absolute Gasteiger partial charge is 0.257 e. The maximum atomic E-state index is 12.1. The summed E-state index contributed by atoms with van der Waals surface area (Å²) in [4.78, 5) is 29.7. The van der Waals surface area contributed by atoms with Gasteiger partial charge in [-0.25, -0.2) is 14.2 Å². The fourth-order valence-corrected chi connectivity index (χ4v) is 2.02. The van der Waals surface area contributed by atoms with E-state index in [-0.39, 0.29) is 0 Å². The molecule has 0 bridgehead atoms. The minimum Gasteiger partial charge on any atom is -0.257 e. The standard InChI is InChI=1S/C15H11N3O2/c19-14-16-13(11-7-3-1-4-8-11)18(15(20)17-14)12-9-5-2-6-10-12/h1-10H,(H,17,19,20). The molecule has 0 radical (unpaired) electrons. The van der Waals surface area contributed by atoms with Gasteiger partial charge in [0.25, 0.3) is 0 Å². The molecule has 0 spiro atoms. The molecule has 0 atom stereocenters. The Morgan fingerprint density at radius 1 is 0.850 bits per heavy atom. The van der Waals surface area contributed by atoms with Gasteiger partial charge < -0.3 is 0 Å². The molecule has 1 N–H and O–H groups in total. The Morgan fingerprint density at radius 3 is 2.10 bits per heavy atom. The molecule has 1 heterocycles. The van der Waals surface area contributed by atoms with Crippen LogP contribution in [0.4, 0.5) is 0 Å². The number of aromatic nitrogens is 3. The van der Waals surface area contributed by atoms with E-state index >= 15 is 0 Å². The molecule has 98 valence electrons. The van der Waals surface area contributed by atoms with Crippen molar-refractivity contribution in [2.45, 2.75) is 0 Å². The van der Waals surface area contributed by atoms with Crippen molar-refractivity contribution in [2.75, 3.05) is 0 Å². The molecular formula is C15H11N3O2. The van der Waals surface area contributed by atoms with E-state index in [2.05, 4.69) is 9.97 Å². The monoisotopic (exact) mass is 265 g/mol. The van der Waals surface area contributed by atoms with Crippen LogP contribution in [0.2, 0.25) is 0 Å². The molecule has 0 unspecified atom stereocenters. The largest absolute Gasteiger partial charge is 0.351 e. The highest BCUT2D eigenvalue weighted by molar-refractivity contribution is 5.57. The summed E-state index contributed by atoms with van der Waals surface area (Å²) in [6.07, 6.45) is 0. The van der Waals surface area contributed by atoms with E-state index in [1.54, 1.807) is 24.3 Å². The lowest BCUT2D eigenvalue weighted by Gasteiger charge is -2.10. The van der Waals surface area contributed by atoms with Crippen LogP contribution in [0.25, 0.3) is 17.1 Å². The molecule has 1 aromatic heterocycles. The van der Waals surface area contributed by atoms with Crippen LogP contribution in [0.15, 0.2) is 70.3 Å². The first-order valence-electron chi connectivity index (χ1n) is 6.10. The van der Waals surface area contributed by atoms with Gasteiger partial charge in [-0.2, -0.15) is 4.98 Å². The average molecular weight is 265 g/mol. The Morgan fingerprint density at radius 2 is 1.45 bits per heavy atom. The van der Waals surface area contributed by atoms with Crippen molar-refractivity contribution >= 4 is 0 Å². The SMILES string of the molecule is O=c1nc(-c2ccccc2)n(-c2ccccc2)c(=O)[nH]1. The minimum absolute atomic E-state index is 0.325. The van der Waals surface area contributed by atoms with Crippen molar-refractivity contribution in [3.05, 3.63) is 81.6 Å². The molecule has 0 aliphatic carbocycles. The number of H-pyrrole nitrogens is 1. The predicted octanol–water partition coefficient (Wildman–Crippen LogP) is 1.59. The Labute approximate surface area is 114 Å². The molecule has 0 amide bonds. The summed E-state index contributed by atoms with van der Waals surface area (Å²) < 4.78 is 1.39. The second kappa shape index (κ2) is 4.97. The van der Waals surface area contributed by atoms with E-state index in [1.807, 2.05) is 36.4 Å². The van der Waals surface area contributed by atoms with Crippen molar-refractivity contribution in [1.82, 2.24) is 14.5 Å². The zero-order valence-electron chi connectivity index (χ0n) is 10.5. The average Bonchev–Trinajstić information content (AvgIpc) is 2.48. The molecule has 0 saturated heterocycles. The zero-order valence-corrected chi connectivity index (χ0v) is 10.5. The van der Waals surface area contributed by atoms with Gasteiger partial charge in [0.15, 0.2) is 5.82 Å². The van der Waals surface area contributed by atoms with Crippen molar-refractivity contribution in [3.8, 4) is 17.1 Å². The number of nitrogens with one attached hydrogen (secondary N) is 1. The number of aromatic amines is 1. The molecular weight excluding hydrogens is 254 g/mol. The van der Waals surface area contributed by atoms with Crippen LogP contribution in [-0.2, 0) is 0 Å². The third-order valence-electron chi connectivity index (χ3n) is 2.88. The molecule has 5 nitrogen and oxygen atoms in total. The molecule has 2 aromatic carbocycles. The van der Waals surface area contributed by atoms with Gasteiger partial charge in [0.05, 0.1) is 5.69 Å². The summed E-state index contributed by atoms with van der Waals surface area (Å²) in [6.45, 7) is 0. The molecule has 0 aliphatic heterocycles. The van der Waals surface area contributed by atoms with E-state index < -0.39 is 11.4 Å². The summed E-state index contributed by atoms with van der Waals surface area (Å²) in [5, 5.41) is 0. The fraction of sp³-hybridized carbons (Fsp3) is 0. The third-order valence-corrected chi connectivity index (χ3v) is 2.88. The van der Waals surface area contributed by atoms with Gasteiger partial charge in [-0.05, 0) is 12.1 Å². The van der Waals surface area contributed by atoms with Gasteiger partial charge in [-0.1, -0.05) is 48.5 Å². The van der Waals surface area contributed by atoms with E-state index in [0.717, 1.165) is 0 Å². The number of para-hydroxylation sites is 1. The van der Waals surface area contributed by atoms with Crippen LogP contribution in [0.1, 0.15) is 0 Å². The first-order chi connectivity index (χ1) is 9.75. The van der Waals surface area contributed by atoms with Crippen molar-refractivity contribution in [2.24, 2.45) is 0 Å². The van der Waals surface area contributed by atoms with Gasteiger partial charge in [-0.3, -0.25) is 4.98 Å². The number of hydrogen-bond acceptors (Lipinski definition) is 3. The summed E-state index contributed by atoms with van der Waals surface area (Å²) >= 11 is 0. The van der Waals surface area contributed by atoms with Crippen LogP contribution < -0.4 is 11.4 Å². The van der Waals surface area contributed by atoms with E-state index in [0.29, 0.717) is 17.1 Å². The highest BCUT2D eigenvalue weighted by Crippen LogP contribution is 2.17. The molecule has 3 rings (SSSR count). The molecule has 20 heavy (non-hydrogen) atoms. The second-order valence-corrected chi connectivity index (χ2v) is 4.21. The van der Waals surface area contributed by atoms with Crippen LogP contribution >= 0.6 is 0 Å². The Hall–Kier alpha value is -2.95. The lowest BCUT2D eigenvalue weighted by molar-refractivity contribution is 0.841. The summed E-state index contributed by atoms with van der Waals surface area (Å²) in [6, 6.07) is 18.2. The first-order valence-corrected chi connectivity index (χ1v) is 6.10. The van der Waals surface area contributed by atoms with Gasteiger partial charge in [-0.15, -0.1) is 0 Å². The molecule has 0 fully saturated rings. The Kier molecular flexibility index (Phi) is 3.01. The first kappa shape index (κ1) is 12.1. The van der Waals surface area contributed by atoms with Crippen molar-refractivity contribution in [3.63, 3.8) is 0 Å². The van der Waals surface area contributed by atoms with Crippen molar-refractivity contribution in [1.29, 1.82) is 0 Å².